The lowest BCUT2D eigenvalue weighted by atomic mass is 10.0. The molecule has 2 atom stereocenters. The van der Waals surface area contributed by atoms with Gasteiger partial charge in [0.05, 0.1) is 17.9 Å². The Balaban J connectivity index is 3.98. The number of aliphatic hydroxyl groups excluding tert-OH is 1. The van der Waals surface area contributed by atoms with Gasteiger partial charge in [-0.15, -0.1) is 0 Å². The van der Waals surface area contributed by atoms with Crippen molar-refractivity contribution >= 4 is 16.0 Å². The SMILES string of the molecule is CC/C=C\C/C=C\C/C=C\C/C=C\C/C=C\CCCCCC(=O)NC(CS(=O)(=O)O)C(O)CCCCCCCCCCCCCCCCC. The molecule has 3 N–H and O–H groups in total. The summed E-state index contributed by atoms with van der Waals surface area (Å²) >= 11 is 0. The summed E-state index contributed by atoms with van der Waals surface area (Å²) in [7, 11) is -4.32. The van der Waals surface area contributed by atoms with Gasteiger partial charge >= 0.3 is 0 Å². The molecule has 6 nitrogen and oxygen atoms in total. The van der Waals surface area contributed by atoms with Gasteiger partial charge in [-0.25, -0.2) is 0 Å². The first-order valence-electron chi connectivity index (χ1n) is 20.0. The zero-order valence-corrected chi connectivity index (χ0v) is 32.4. The lowest BCUT2D eigenvalue weighted by Gasteiger charge is -2.23. The van der Waals surface area contributed by atoms with Crippen LogP contribution in [0.3, 0.4) is 0 Å². The predicted molar refractivity (Wildman–Crippen MR) is 211 cm³/mol. The molecule has 0 spiro atoms. The number of allylic oxidation sites excluding steroid dienone is 10. The summed E-state index contributed by atoms with van der Waals surface area (Å²) < 4.78 is 32.5. The second kappa shape index (κ2) is 35.9. The largest absolute Gasteiger partial charge is 0.391 e. The second-order valence-corrected chi connectivity index (χ2v) is 15.0. The fourth-order valence-corrected chi connectivity index (χ4v) is 6.53. The van der Waals surface area contributed by atoms with Crippen molar-refractivity contribution in [2.24, 2.45) is 0 Å². The number of unbranched alkanes of at least 4 members (excludes halogenated alkanes) is 17. The number of aliphatic hydroxyl groups is 1. The van der Waals surface area contributed by atoms with Crippen molar-refractivity contribution < 1.29 is 22.9 Å². The average Bonchev–Trinajstić information content (AvgIpc) is 3.06. The molecule has 0 fully saturated rings. The van der Waals surface area contributed by atoms with Crippen LogP contribution >= 0.6 is 0 Å². The van der Waals surface area contributed by atoms with Crippen molar-refractivity contribution in [3.63, 3.8) is 0 Å². The molecule has 0 aromatic rings. The molecular formula is C42H75NO5S. The molecule has 0 heterocycles. The molecule has 2 unspecified atom stereocenters. The van der Waals surface area contributed by atoms with Crippen LogP contribution in [0.15, 0.2) is 60.8 Å². The summed E-state index contributed by atoms with van der Waals surface area (Å²) in [6, 6.07) is -0.990. The summed E-state index contributed by atoms with van der Waals surface area (Å²) in [5.41, 5.74) is 0. The van der Waals surface area contributed by atoms with Crippen LogP contribution in [0, 0.1) is 0 Å². The van der Waals surface area contributed by atoms with Crippen molar-refractivity contribution in [1.82, 2.24) is 5.32 Å². The smallest absolute Gasteiger partial charge is 0.266 e. The van der Waals surface area contributed by atoms with Crippen LogP contribution in [0.4, 0.5) is 0 Å². The molecule has 0 radical (unpaired) electrons. The van der Waals surface area contributed by atoms with Crippen LogP contribution in [0.1, 0.15) is 181 Å². The molecule has 0 aliphatic heterocycles. The first kappa shape index (κ1) is 47.0. The lowest BCUT2D eigenvalue weighted by Crippen LogP contribution is -2.47. The molecular weight excluding hydrogens is 631 g/mol. The maximum absolute atomic E-state index is 12.5. The number of carbonyl (C=O) groups excluding carboxylic acids is 1. The van der Waals surface area contributed by atoms with Crippen molar-refractivity contribution in [3.8, 4) is 0 Å². The topological polar surface area (TPSA) is 104 Å². The van der Waals surface area contributed by atoms with E-state index in [1.807, 2.05) is 0 Å². The average molecular weight is 706 g/mol. The highest BCUT2D eigenvalue weighted by Crippen LogP contribution is 2.15. The minimum absolute atomic E-state index is 0.277. The molecule has 7 heteroatoms. The Kier molecular flexibility index (Phi) is 34.4. The number of carbonyl (C=O) groups is 1. The predicted octanol–water partition coefficient (Wildman–Crippen LogP) is 11.7. The lowest BCUT2D eigenvalue weighted by molar-refractivity contribution is -0.122. The van der Waals surface area contributed by atoms with Gasteiger partial charge in [0.1, 0.15) is 0 Å². The van der Waals surface area contributed by atoms with Crippen LogP contribution < -0.4 is 5.32 Å². The third-order valence-corrected chi connectivity index (χ3v) is 9.52. The van der Waals surface area contributed by atoms with Gasteiger partial charge < -0.3 is 10.4 Å². The normalized spacial score (nSPS) is 14.0. The van der Waals surface area contributed by atoms with Crippen molar-refractivity contribution in [3.05, 3.63) is 60.8 Å². The molecule has 284 valence electrons. The molecule has 0 aromatic heterocycles. The van der Waals surface area contributed by atoms with E-state index in [-0.39, 0.29) is 12.3 Å². The van der Waals surface area contributed by atoms with Gasteiger partial charge in [-0.1, -0.05) is 177 Å². The van der Waals surface area contributed by atoms with Gasteiger partial charge in [-0.3, -0.25) is 9.35 Å². The summed E-state index contributed by atoms with van der Waals surface area (Å²) in [5.74, 6) is -0.943. The van der Waals surface area contributed by atoms with Crippen LogP contribution in [-0.2, 0) is 14.9 Å². The Bertz CT molecular complexity index is 999. The first-order chi connectivity index (χ1) is 23.8. The van der Waals surface area contributed by atoms with Crippen LogP contribution in [0.5, 0.6) is 0 Å². The number of nitrogens with one attached hydrogen (secondary N) is 1. The Morgan fingerprint density at radius 3 is 1.43 bits per heavy atom. The molecule has 0 aliphatic rings. The van der Waals surface area contributed by atoms with Crippen LogP contribution in [0.25, 0.3) is 0 Å². The third-order valence-electron chi connectivity index (χ3n) is 8.74. The fourth-order valence-electron chi connectivity index (χ4n) is 5.77. The monoisotopic (exact) mass is 706 g/mol. The van der Waals surface area contributed by atoms with Gasteiger partial charge in [-0.05, 0) is 57.8 Å². The standard InChI is InChI=1S/C42H75NO5S/c1-3-5-7-9-11-13-15-17-19-20-21-22-24-26-28-30-32-34-36-38-42(45)43-40(39-49(46,47)48)41(44)37-35-33-31-29-27-25-23-18-16-14-12-10-8-6-4-2/h5,7,11,13,17,19,21-22,26,28,40-41,44H,3-4,6,8-10,12,14-16,18,20,23-25,27,29-39H2,1-2H3,(H,43,45)(H,46,47,48)/b7-5-,13-11-,19-17-,22-21-,28-26-. The minimum atomic E-state index is -4.32. The van der Waals surface area contributed by atoms with E-state index in [1.54, 1.807) is 0 Å². The highest BCUT2D eigenvalue weighted by molar-refractivity contribution is 7.85. The van der Waals surface area contributed by atoms with Gasteiger partial charge in [-0.2, -0.15) is 8.42 Å². The molecule has 0 bridgehead atoms. The second-order valence-electron chi connectivity index (χ2n) is 13.5. The van der Waals surface area contributed by atoms with Crippen molar-refractivity contribution in [2.75, 3.05) is 5.75 Å². The Hall–Kier alpha value is -1.96. The van der Waals surface area contributed by atoms with E-state index in [0.29, 0.717) is 12.8 Å². The summed E-state index contributed by atoms with van der Waals surface area (Å²) in [5, 5.41) is 13.3. The number of amides is 1. The highest BCUT2D eigenvalue weighted by atomic mass is 32.2. The maximum Gasteiger partial charge on any atom is 0.266 e. The van der Waals surface area contributed by atoms with Crippen LogP contribution in [0.2, 0.25) is 0 Å². The zero-order chi connectivity index (χ0) is 36.1. The van der Waals surface area contributed by atoms with Crippen molar-refractivity contribution in [1.29, 1.82) is 0 Å². The Labute approximate surface area is 302 Å². The van der Waals surface area contributed by atoms with Gasteiger partial charge in [0.25, 0.3) is 10.1 Å². The Morgan fingerprint density at radius 2 is 0.980 bits per heavy atom. The first-order valence-corrected chi connectivity index (χ1v) is 21.6. The van der Waals surface area contributed by atoms with E-state index in [2.05, 4.69) is 79.9 Å². The third kappa shape index (κ3) is 37.1. The van der Waals surface area contributed by atoms with Crippen LogP contribution in [-0.4, -0.2) is 41.9 Å². The van der Waals surface area contributed by atoms with E-state index >= 15 is 0 Å². The fraction of sp³-hybridized carbons (Fsp3) is 0.738. The molecule has 0 rings (SSSR count). The maximum atomic E-state index is 12.5. The van der Waals surface area contributed by atoms with E-state index in [4.69, 9.17) is 0 Å². The molecule has 0 aliphatic carbocycles. The van der Waals surface area contributed by atoms with Gasteiger partial charge in [0.15, 0.2) is 0 Å². The molecule has 49 heavy (non-hydrogen) atoms. The summed E-state index contributed by atoms with van der Waals surface area (Å²) in [6.45, 7) is 4.40. The van der Waals surface area contributed by atoms with E-state index < -0.39 is 28.0 Å². The molecule has 0 saturated carbocycles. The van der Waals surface area contributed by atoms with E-state index in [1.165, 1.54) is 77.0 Å². The quantitative estimate of drug-likeness (QED) is 0.0346. The number of rotatable bonds is 35. The van der Waals surface area contributed by atoms with Gasteiger partial charge in [0.2, 0.25) is 5.91 Å². The highest BCUT2D eigenvalue weighted by Gasteiger charge is 2.26. The zero-order valence-electron chi connectivity index (χ0n) is 31.5. The summed E-state index contributed by atoms with van der Waals surface area (Å²) in [6.07, 6.45) is 48.8. The summed E-state index contributed by atoms with van der Waals surface area (Å²) in [4.78, 5) is 12.5. The number of hydrogen-bond donors (Lipinski definition) is 3. The molecule has 0 aromatic carbocycles. The molecule has 1 amide bonds. The van der Waals surface area contributed by atoms with Gasteiger partial charge in [0, 0.05) is 6.42 Å². The Morgan fingerprint density at radius 1 is 0.571 bits per heavy atom. The van der Waals surface area contributed by atoms with Crippen molar-refractivity contribution in [2.45, 2.75) is 193 Å². The molecule has 0 saturated heterocycles. The minimum Gasteiger partial charge on any atom is -0.391 e. The number of hydrogen-bond acceptors (Lipinski definition) is 4. The van der Waals surface area contributed by atoms with E-state index in [9.17, 15) is 22.9 Å². The van der Waals surface area contributed by atoms with E-state index in [0.717, 1.165) is 70.6 Å².